The average molecular weight is 260 g/mol. The molecular formula is C13H16N4S. The van der Waals surface area contributed by atoms with Gasteiger partial charge in [-0.15, -0.1) is 0 Å². The van der Waals surface area contributed by atoms with E-state index in [2.05, 4.69) is 26.3 Å². The SMILES string of the molecule is Cc1cc(-c2cnc(N3CCNCC3)s2)ccn1. The second kappa shape index (κ2) is 5.04. The zero-order valence-corrected chi connectivity index (χ0v) is 11.2. The summed E-state index contributed by atoms with van der Waals surface area (Å²) in [5, 5.41) is 4.48. The molecule has 0 saturated carbocycles. The topological polar surface area (TPSA) is 41.1 Å². The van der Waals surface area contributed by atoms with Gasteiger partial charge in [0.1, 0.15) is 0 Å². The van der Waals surface area contributed by atoms with Crippen LogP contribution in [0, 0.1) is 6.92 Å². The summed E-state index contributed by atoms with van der Waals surface area (Å²) in [6.07, 6.45) is 3.83. The Bertz CT molecular complexity index is 531. The minimum absolute atomic E-state index is 1.04. The van der Waals surface area contributed by atoms with Crippen molar-refractivity contribution in [1.82, 2.24) is 15.3 Å². The number of hydrogen-bond donors (Lipinski definition) is 1. The summed E-state index contributed by atoms with van der Waals surface area (Å²) in [6.45, 7) is 6.19. The van der Waals surface area contributed by atoms with Gasteiger partial charge in [0.05, 0.1) is 4.88 Å². The Labute approximate surface area is 111 Å². The fourth-order valence-electron chi connectivity index (χ4n) is 2.10. The highest BCUT2D eigenvalue weighted by molar-refractivity contribution is 7.18. The van der Waals surface area contributed by atoms with Gasteiger partial charge in [-0.1, -0.05) is 11.3 Å². The molecule has 4 nitrogen and oxygen atoms in total. The largest absolute Gasteiger partial charge is 0.346 e. The minimum Gasteiger partial charge on any atom is -0.346 e. The van der Waals surface area contributed by atoms with E-state index in [1.54, 1.807) is 11.3 Å². The maximum absolute atomic E-state index is 4.54. The van der Waals surface area contributed by atoms with Crippen LogP contribution in [0.3, 0.4) is 0 Å². The van der Waals surface area contributed by atoms with E-state index < -0.39 is 0 Å². The summed E-state index contributed by atoms with van der Waals surface area (Å²) < 4.78 is 0. The molecule has 1 fully saturated rings. The highest BCUT2D eigenvalue weighted by Gasteiger charge is 2.14. The number of nitrogens with zero attached hydrogens (tertiary/aromatic N) is 3. The van der Waals surface area contributed by atoms with Crippen molar-refractivity contribution in [3.8, 4) is 10.4 Å². The summed E-state index contributed by atoms with van der Waals surface area (Å²) in [5.74, 6) is 0. The van der Waals surface area contributed by atoms with Gasteiger partial charge >= 0.3 is 0 Å². The van der Waals surface area contributed by atoms with Gasteiger partial charge in [-0.05, 0) is 24.6 Å². The second-order valence-electron chi connectivity index (χ2n) is 4.43. The molecule has 1 saturated heterocycles. The van der Waals surface area contributed by atoms with Crippen LogP contribution in [0.25, 0.3) is 10.4 Å². The number of aryl methyl sites for hydroxylation is 1. The molecule has 1 N–H and O–H groups in total. The third-order valence-electron chi connectivity index (χ3n) is 3.06. The van der Waals surface area contributed by atoms with E-state index >= 15 is 0 Å². The number of pyridine rings is 1. The lowest BCUT2D eigenvalue weighted by Crippen LogP contribution is -2.43. The first-order valence-electron chi connectivity index (χ1n) is 6.17. The number of piperazine rings is 1. The van der Waals surface area contributed by atoms with Crippen LogP contribution in [0.5, 0.6) is 0 Å². The van der Waals surface area contributed by atoms with Gasteiger partial charge in [-0.25, -0.2) is 4.98 Å². The van der Waals surface area contributed by atoms with Gasteiger partial charge < -0.3 is 10.2 Å². The molecule has 0 atom stereocenters. The van der Waals surface area contributed by atoms with E-state index in [9.17, 15) is 0 Å². The molecule has 0 aliphatic carbocycles. The molecular weight excluding hydrogens is 244 g/mol. The Morgan fingerprint density at radius 3 is 2.89 bits per heavy atom. The molecule has 18 heavy (non-hydrogen) atoms. The smallest absolute Gasteiger partial charge is 0.185 e. The molecule has 0 unspecified atom stereocenters. The van der Waals surface area contributed by atoms with Crippen LogP contribution in [0.4, 0.5) is 5.13 Å². The molecule has 0 amide bonds. The predicted molar refractivity (Wildman–Crippen MR) is 75.2 cm³/mol. The van der Waals surface area contributed by atoms with Crippen LogP contribution < -0.4 is 10.2 Å². The maximum Gasteiger partial charge on any atom is 0.185 e. The molecule has 3 heterocycles. The molecule has 0 spiro atoms. The van der Waals surface area contributed by atoms with Crippen LogP contribution in [-0.2, 0) is 0 Å². The fourth-order valence-corrected chi connectivity index (χ4v) is 3.06. The molecule has 5 heteroatoms. The van der Waals surface area contributed by atoms with Crippen molar-refractivity contribution in [3.63, 3.8) is 0 Å². The first kappa shape index (κ1) is 11.6. The normalized spacial score (nSPS) is 15.9. The zero-order chi connectivity index (χ0) is 12.4. The number of thiazole rings is 1. The molecule has 3 rings (SSSR count). The van der Waals surface area contributed by atoms with Crippen LogP contribution in [0.2, 0.25) is 0 Å². The van der Waals surface area contributed by atoms with Crippen LogP contribution in [0.15, 0.2) is 24.5 Å². The summed E-state index contributed by atoms with van der Waals surface area (Å²) in [6, 6.07) is 4.15. The van der Waals surface area contributed by atoms with Crippen molar-refractivity contribution in [1.29, 1.82) is 0 Å². The van der Waals surface area contributed by atoms with Crippen molar-refractivity contribution in [3.05, 3.63) is 30.2 Å². The monoisotopic (exact) mass is 260 g/mol. The van der Waals surface area contributed by atoms with Crippen molar-refractivity contribution in [2.75, 3.05) is 31.1 Å². The third kappa shape index (κ3) is 2.37. The molecule has 94 valence electrons. The Morgan fingerprint density at radius 1 is 1.28 bits per heavy atom. The number of hydrogen-bond acceptors (Lipinski definition) is 5. The predicted octanol–water partition coefficient (Wildman–Crippen LogP) is 1.92. The number of rotatable bonds is 2. The summed E-state index contributed by atoms with van der Waals surface area (Å²) in [7, 11) is 0. The highest BCUT2D eigenvalue weighted by Crippen LogP contribution is 2.31. The van der Waals surface area contributed by atoms with Crippen LogP contribution in [-0.4, -0.2) is 36.1 Å². The summed E-state index contributed by atoms with van der Waals surface area (Å²) in [4.78, 5) is 12.3. The Hall–Kier alpha value is -1.46. The summed E-state index contributed by atoms with van der Waals surface area (Å²) >= 11 is 1.76. The van der Waals surface area contributed by atoms with Crippen molar-refractivity contribution < 1.29 is 0 Å². The van der Waals surface area contributed by atoms with Crippen molar-refractivity contribution in [2.24, 2.45) is 0 Å². The van der Waals surface area contributed by atoms with Gasteiger partial charge in [-0.3, -0.25) is 4.98 Å². The lowest BCUT2D eigenvalue weighted by Gasteiger charge is -2.26. The van der Waals surface area contributed by atoms with E-state index in [0.29, 0.717) is 0 Å². The van der Waals surface area contributed by atoms with Gasteiger partial charge in [-0.2, -0.15) is 0 Å². The molecule has 2 aromatic rings. The minimum atomic E-state index is 1.04. The van der Waals surface area contributed by atoms with E-state index in [1.807, 2.05) is 25.4 Å². The number of aromatic nitrogens is 2. The molecule has 1 aliphatic heterocycles. The number of anilines is 1. The Kier molecular flexibility index (Phi) is 3.25. The van der Waals surface area contributed by atoms with E-state index in [4.69, 9.17) is 0 Å². The van der Waals surface area contributed by atoms with Crippen molar-refractivity contribution in [2.45, 2.75) is 6.92 Å². The standard InChI is InChI=1S/C13H16N4S/c1-10-8-11(2-3-15-10)12-9-16-13(18-12)17-6-4-14-5-7-17/h2-3,8-9,14H,4-7H2,1H3. The fraction of sp³-hybridized carbons (Fsp3) is 0.385. The van der Waals surface area contributed by atoms with Crippen molar-refractivity contribution >= 4 is 16.5 Å². The van der Waals surface area contributed by atoms with Gasteiger partial charge in [0.2, 0.25) is 0 Å². The summed E-state index contributed by atoms with van der Waals surface area (Å²) in [5.41, 5.74) is 2.26. The van der Waals surface area contributed by atoms with Crippen LogP contribution in [0.1, 0.15) is 5.69 Å². The lowest BCUT2D eigenvalue weighted by atomic mass is 10.2. The zero-order valence-electron chi connectivity index (χ0n) is 10.4. The van der Waals surface area contributed by atoms with Gasteiger partial charge in [0.25, 0.3) is 0 Å². The van der Waals surface area contributed by atoms with Crippen LogP contribution >= 0.6 is 11.3 Å². The van der Waals surface area contributed by atoms with E-state index in [-0.39, 0.29) is 0 Å². The molecule has 0 radical (unpaired) electrons. The third-order valence-corrected chi connectivity index (χ3v) is 4.17. The Balaban J connectivity index is 1.84. The number of nitrogens with one attached hydrogen (secondary N) is 1. The maximum atomic E-state index is 4.54. The average Bonchev–Trinajstić information content (AvgIpc) is 2.89. The molecule has 0 bridgehead atoms. The van der Waals surface area contributed by atoms with E-state index in [1.165, 1.54) is 10.4 Å². The molecule has 0 aromatic carbocycles. The molecule has 1 aliphatic rings. The lowest BCUT2D eigenvalue weighted by molar-refractivity contribution is 0.588. The highest BCUT2D eigenvalue weighted by atomic mass is 32.1. The van der Waals surface area contributed by atoms with E-state index in [0.717, 1.165) is 37.0 Å². The van der Waals surface area contributed by atoms with Gasteiger partial charge in [0.15, 0.2) is 5.13 Å². The first-order chi connectivity index (χ1) is 8.83. The quantitative estimate of drug-likeness (QED) is 0.895. The first-order valence-corrected chi connectivity index (χ1v) is 6.99. The Morgan fingerprint density at radius 2 is 2.11 bits per heavy atom. The second-order valence-corrected chi connectivity index (χ2v) is 5.44. The molecule has 2 aromatic heterocycles. The van der Waals surface area contributed by atoms with Gasteiger partial charge in [0, 0.05) is 44.3 Å².